The van der Waals surface area contributed by atoms with E-state index in [1.165, 1.54) is 18.7 Å². The third kappa shape index (κ3) is 2.17. The topological polar surface area (TPSA) is 42.9 Å². The van der Waals surface area contributed by atoms with E-state index in [9.17, 15) is 4.79 Å². The van der Waals surface area contributed by atoms with Gasteiger partial charge in [-0.1, -0.05) is 23.2 Å². The maximum absolute atomic E-state index is 11.9. The lowest BCUT2D eigenvalue weighted by Crippen LogP contribution is -2.01. The van der Waals surface area contributed by atoms with Crippen LogP contribution >= 0.6 is 34.5 Å². The van der Waals surface area contributed by atoms with Gasteiger partial charge in [0, 0.05) is 12.4 Å². The van der Waals surface area contributed by atoms with Crippen molar-refractivity contribution in [3.05, 3.63) is 44.6 Å². The van der Waals surface area contributed by atoms with Crippen molar-refractivity contribution in [1.82, 2.24) is 9.97 Å². The van der Waals surface area contributed by atoms with Gasteiger partial charge in [0.05, 0.1) is 15.5 Å². The van der Waals surface area contributed by atoms with Gasteiger partial charge in [0.2, 0.25) is 0 Å². The van der Waals surface area contributed by atoms with Crippen LogP contribution in [0.1, 0.15) is 15.9 Å². The van der Waals surface area contributed by atoms with Gasteiger partial charge in [-0.3, -0.25) is 4.79 Å². The molecule has 15 heavy (non-hydrogen) atoms. The van der Waals surface area contributed by atoms with Crippen LogP contribution in [0.5, 0.6) is 0 Å². The number of hydrogen-bond acceptors (Lipinski definition) is 4. The molecular weight excluding hydrogens is 255 g/mol. The van der Waals surface area contributed by atoms with Gasteiger partial charge in [-0.15, -0.1) is 11.3 Å². The second-order valence-electron chi connectivity index (χ2n) is 2.69. The lowest BCUT2D eigenvalue weighted by atomic mass is 10.1. The Morgan fingerprint density at radius 3 is 2.47 bits per heavy atom. The minimum Gasteiger partial charge on any atom is -0.288 e. The van der Waals surface area contributed by atoms with Crippen molar-refractivity contribution in [2.45, 2.75) is 0 Å². The predicted octanol–water partition coefficient (Wildman–Crippen LogP) is 3.08. The highest BCUT2D eigenvalue weighted by molar-refractivity contribution is 7.20. The quantitative estimate of drug-likeness (QED) is 0.778. The van der Waals surface area contributed by atoms with Gasteiger partial charge in [0.15, 0.2) is 5.78 Å². The van der Waals surface area contributed by atoms with Gasteiger partial charge in [-0.05, 0) is 6.07 Å². The molecule has 0 N–H and O–H groups in total. The molecule has 2 rings (SSSR count). The monoisotopic (exact) mass is 258 g/mol. The summed E-state index contributed by atoms with van der Waals surface area (Å²) in [5, 5.41) is 0. The number of ketones is 1. The average molecular weight is 259 g/mol. The first-order valence-corrected chi connectivity index (χ1v) is 5.50. The fourth-order valence-electron chi connectivity index (χ4n) is 1.07. The van der Waals surface area contributed by atoms with Crippen LogP contribution in [-0.2, 0) is 0 Å². The third-order valence-corrected chi connectivity index (χ3v) is 3.21. The number of aromatic nitrogens is 2. The maximum atomic E-state index is 11.9. The van der Waals surface area contributed by atoms with E-state index in [-0.39, 0.29) is 5.78 Å². The summed E-state index contributed by atoms with van der Waals surface area (Å²) in [6.07, 6.45) is 4.24. The van der Waals surface area contributed by atoms with Crippen molar-refractivity contribution in [2.24, 2.45) is 0 Å². The lowest BCUT2D eigenvalue weighted by Gasteiger charge is -1.96. The van der Waals surface area contributed by atoms with E-state index in [1.807, 2.05) is 0 Å². The summed E-state index contributed by atoms with van der Waals surface area (Å²) in [5.74, 6) is -0.219. The maximum Gasteiger partial charge on any atom is 0.198 e. The van der Waals surface area contributed by atoms with E-state index in [1.54, 1.807) is 6.07 Å². The molecule has 0 aliphatic heterocycles. The van der Waals surface area contributed by atoms with Crippen molar-refractivity contribution in [3.8, 4) is 0 Å². The molecule has 0 saturated carbocycles. The smallest absolute Gasteiger partial charge is 0.198 e. The Morgan fingerprint density at radius 2 is 1.93 bits per heavy atom. The van der Waals surface area contributed by atoms with Gasteiger partial charge in [0.25, 0.3) is 0 Å². The molecule has 0 unspecified atom stereocenters. The van der Waals surface area contributed by atoms with Crippen molar-refractivity contribution < 1.29 is 4.79 Å². The Hall–Kier alpha value is -0.970. The molecule has 2 aromatic heterocycles. The average Bonchev–Trinajstić information content (AvgIpc) is 2.58. The number of thiophene rings is 1. The Bertz CT molecular complexity index is 498. The molecule has 76 valence electrons. The van der Waals surface area contributed by atoms with E-state index in [0.717, 1.165) is 11.3 Å². The third-order valence-electron chi connectivity index (χ3n) is 1.72. The second kappa shape index (κ2) is 4.26. The standard InChI is InChI=1S/C9H4Cl2N2OS/c10-7-1-6(9(11)15-7)8(14)5-2-12-4-13-3-5/h1-4H. The highest BCUT2D eigenvalue weighted by Gasteiger charge is 2.16. The van der Waals surface area contributed by atoms with Crippen LogP contribution in [0.4, 0.5) is 0 Å². The van der Waals surface area contributed by atoms with Gasteiger partial charge in [-0.2, -0.15) is 0 Å². The zero-order valence-electron chi connectivity index (χ0n) is 7.28. The van der Waals surface area contributed by atoms with E-state index >= 15 is 0 Å². The Kier molecular flexibility index (Phi) is 3.00. The van der Waals surface area contributed by atoms with Crippen molar-refractivity contribution in [1.29, 1.82) is 0 Å². The summed E-state index contributed by atoms with van der Waals surface area (Å²) in [6, 6.07) is 1.55. The molecule has 0 fully saturated rings. The van der Waals surface area contributed by atoms with E-state index in [0.29, 0.717) is 19.8 Å². The van der Waals surface area contributed by atoms with Crippen LogP contribution in [0.3, 0.4) is 0 Å². The molecule has 6 heteroatoms. The Balaban J connectivity index is 2.41. The summed E-state index contributed by atoms with van der Waals surface area (Å²) in [6.45, 7) is 0. The first kappa shape index (κ1) is 10.5. The number of nitrogens with zero attached hydrogens (tertiary/aromatic N) is 2. The van der Waals surface area contributed by atoms with Gasteiger partial charge < -0.3 is 0 Å². The van der Waals surface area contributed by atoms with Crippen LogP contribution in [0, 0.1) is 0 Å². The van der Waals surface area contributed by atoms with E-state index in [4.69, 9.17) is 23.2 Å². The summed E-state index contributed by atoms with van der Waals surface area (Å²) in [4.78, 5) is 19.4. The molecule has 2 heterocycles. The van der Waals surface area contributed by atoms with Crippen LogP contribution in [0.25, 0.3) is 0 Å². The molecule has 0 spiro atoms. The van der Waals surface area contributed by atoms with Crippen molar-refractivity contribution >= 4 is 40.3 Å². The normalized spacial score (nSPS) is 10.3. The van der Waals surface area contributed by atoms with Crippen LogP contribution in [0.15, 0.2) is 24.8 Å². The highest BCUT2D eigenvalue weighted by atomic mass is 35.5. The zero-order chi connectivity index (χ0) is 10.8. The molecule has 0 bridgehead atoms. The molecule has 0 aromatic carbocycles. The van der Waals surface area contributed by atoms with Gasteiger partial charge in [0.1, 0.15) is 10.7 Å². The van der Waals surface area contributed by atoms with Crippen LogP contribution in [0.2, 0.25) is 8.67 Å². The Morgan fingerprint density at radius 1 is 1.27 bits per heavy atom. The molecule has 0 radical (unpaired) electrons. The fraction of sp³-hybridized carbons (Fsp3) is 0. The van der Waals surface area contributed by atoms with Crippen molar-refractivity contribution in [3.63, 3.8) is 0 Å². The first-order valence-electron chi connectivity index (χ1n) is 3.93. The summed E-state index contributed by atoms with van der Waals surface area (Å²) in [5.41, 5.74) is 0.787. The van der Waals surface area contributed by atoms with Gasteiger partial charge in [-0.25, -0.2) is 9.97 Å². The zero-order valence-corrected chi connectivity index (χ0v) is 9.60. The number of rotatable bonds is 2. The molecule has 0 aliphatic rings. The highest BCUT2D eigenvalue weighted by Crippen LogP contribution is 2.32. The number of hydrogen-bond donors (Lipinski definition) is 0. The molecule has 0 saturated heterocycles. The molecular formula is C9H4Cl2N2OS. The second-order valence-corrected chi connectivity index (χ2v) is 4.98. The minimum absolute atomic E-state index is 0.219. The number of carbonyl (C=O) groups is 1. The SMILES string of the molecule is O=C(c1cncnc1)c1cc(Cl)sc1Cl. The summed E-state index contributed by atoms with van der Waals surface area (Å²) in [7, 11) is 0. The van der Waals surface area contributed by atoms with Crippen molar-refractivity contribution in [2.75, 3.05) is 0 Å². The summed E-state index contributed by atoms with van der Waals surface area (Å²) >= 11 is 12.8. The fourth-order valence-corrected chi connectivity index (χ4v) is 2.53. The Labute approximate surface area is 99.7 Å². The summed E-state index contributed by atoms with van der Waals surface area (Å²) < 4.78 is 0.869. The number of halogens is 2. The van der Waals surface area contributed by atoms with E-state index < -0.39 is 0 Å². The molecule has 0 aliphatic carbocycles. The molecule has 2 aromatic rings. The minimum atomic E-state index is -0.219. The van der Waals surface area contributed by atoms with E-state index in [2.05, 4.69) is 9.97 Å². The van der Waals surface area contributed by atoms with Crippen LogP contribution < -0.4 is 0 Å². The molecule has 0 atom stereocenters. The number of carbonyl (C=O) groups excluding carboxylic acids is 1. The molecule has 0 amide bonds. The van der Waals surface area contributed by atoms with Crippen LogP contribution in [-0.4, -0.2) is 15.8 Å². The molecule has 3 nitrogen and oxygen atoms in total. The van der Waals surface area contributed by atoms with Gasteiger partial charge >= 0.3 is 0 Å². The lowest BCUT2D eigenvalue weighted by molar-refractivity contribution is 0.103. The first-order chi connectivity index (χ1) is 7.18. The predicted molar refractivity (Wildman–Crippen MR) is 59.8 cm³/mol. The largest absolute Gasteiger partial charge is 0.288 e.